The molecule has 0 nitrogen and oxygen atoms in total. The summed E-state index contributed by atoms with van der Waals surface area (Å²) >= 11 is 6.11. The second kappa shape index (κ2) is 3.78. The number of halogens is 1. The van der Waals surface area contributed by atoms with Crippen LogP contribution < -0.4 is 0 Å². The zero-order valence-electron chi connectivity index (χ0n) is 8.17. The van der Waals surface area contributed by atoms with Crippen LogP contribution in [-0.2, 0) is 0 Å². The van der Waals surface area contributed by atoms with E-state index in [0.29, 0.717) is 0 Å². The van der Waals surface area contributed by atoms with Gasteiger partial charge in [0.25, 0.3) is 0 Å². The molecule has 0 saturated heterocycles. The first-order valence-corrected chi connectivity index (χ1v) is 5.35. The van der Waals surface area contributed by atoms with E-state index in [0.717, 1.165) is 16.5 Å². The van der Waals surface area contributed by atoms with Crippen molar-refractivity contribution in [1.29, 1.82) is 0 Å². The van der Waals surface area contributed by atoms with Gasteiger partial charge in [0.2, 0.25) is 0 Å². The maximum Gasteiger partial charge on any atom is 0.0444 e. The lowest BCUT2D eigenvalue weighted by Crippen LogP contribution is -1.92. The topological polar surface area (TPSA) is 0 Å². The zero-order chi connectivity index (χ0) is 10.1. The van der Waals surface area contributed by atoms with E-state index in [9.17, 15) is 0 Å². The molecular formula is C13H14Cl. The third kappa shape index (κ3) is 1.85. The summed E-state index contributed by atoms with van der Waals surface area (Å²) in [7, 11) is 0. The molecule has 0 aromatic heterocycles. The molecule has 1 aromatic carbocycles. The SMILES string of the molecule is [CH2]C(C=C)c1cc(C2CC2)ccc1Cl. The van der Waals surface area contributed by atoms with Gasteiger partial charge in [0, 0.05) is 10.9 Å². The van der Waals surface area contributed by atoms with Gasteiger partial charge in [0.1, 0.15) is 0 Å². The molecule has 0 spiro atoms. The minimum Gasteiger partial charge on any atom is -0.102 e. The Morgan fingerprint density at radius 2 is 2.14 bits per heavy atom. The first-order valence-electron chi connectivity index (χ1n) is 4.97. The highest BCUT2D eigenvalue weighted by atomic mass is 35.5. The molecule has 1 radical (unpaired) electrons. The average molecular weight is 206 g/mol. The van der Waals surface area contributed by atoms with Gasteiger partial charge in [0.05, 0.1) is 0 Å². The Labute approximate surface area is 90.6 Å². The Kier molecular flexibility index (Phi) is 2.64. The van der Waals surface area contributed by atoms with Crippen LogP contribution in [0.5, 0.6) is 0 Å². The third-order valence-electron chi connectivity index (χ3n) is 2.75. The molecule has 0 bridgehead atoms. The lowest BCUT2D eigenvalue weighted by atomic mass is 9.97. The second-order valence-electron chi connectivity index (χ2n) is 3.90. The summed E-state index contributed by atoms with van der Waals surface area (Å²) in [6, 6.07) is 6.28. The van der Waals surface area contributed by atoms with E-state index >= 15 is 0 Å². The van der Waals surface area contributed by atoms with Crippen LogP contribution in [0.15, 0.2) is 30.9 Å². The van der Waals surface area contributed by atoms with Crippen LogP contribution in [0, 0.1) is 6.92 Å². The molecular weight excluding hydrogens is 192 g/mol. The average Bonchev–Trinajstić information content (AvgIpc) is 3.01. The van der Waals surface area contributed by atoms with E-state index in [4.69, 9.17) is 11.6 Å². The number of rotatable bonds is 3. The summed E-state index contributed by atoms with van der Waals surface area (Å²) in [5, 5.41) is 0.800. The molecule has 1 atom stereocenters. The fourth-order valence-electron chi connectivity index (χ4n) is 1.64. The normalized spacial score (nSPS) is 17.9. The van der Waals surface area contributed by atoms with Crippen LogP contribution in [0.4, 0.5) is 0 Å². The van der Waals surface area contributed by atoms with E-state index in [2.05, 4.69) is 25.6 Å². The summed E-state index contributed by atoms with van der Waals surface area (Å²) < 4.78 is 0. The zero-order valence-corrected chi connectivity index (χ0v) is 8.93. The van der Waals surface area contributed by atoms with Crippen LogP contribution in [0.2, 0.25) is 5.02 Å². The highest BCUT2D eigenvalue weighted by molar-refractivity contribution is 6.31. The van der Waals surface area contributed by atoms with Crippen LogP contribution >= 0.6 is 11.6 Å². The summed E-state index contributed by atoms with van der Waals surface area (Å²) in [5.74, 6) is 0.865. The van der Waals surface area contributed by atoms with E-state index in [1.54, 1.807) is 0 Å². The number of allylic oxidation sites excluding steroid dienone is 1. The van der Waals surface area contributed by atoms with Crippen molar-refractivity contribution in [2.45, 2.75) is 24.7 Å². The predicted octanol–water partition coefficient (Wildman–Crippen LogP) is 4.32. The second-order valence-corrected chi connectivity index (χ2v) is 4.30. The molecule has 14 heavy (non-hydrogen) atoms. The van der Waals surface area contributed by atoms with Gasteiger partial charge >= 0.3 is 0 Å². The Hall–Kier alpha value is -0.750. The Bertz CT molecular complexity index is 350. The monoisotopic (exact) mass is 205 g/mol. The van der Waals surface area contributed by atoms with Crippen LogP contribution in [0.3, 0.4) is 0 Å². The molecule has 1 saturated carbocycles. The Balaban J connectivity index is 2.35. The molecule has 0 amide bonds. The molecule has 0 heterocycles. The first-order chi connectivity index (χ1) is 6.72. The third-order valence-corrected chi connectivity index (χ3v) is 3.10. The van der Waals surface area contributed by atoms with Crippen molar-refractivity contribution in [1.82, 2.24) is 0 Å². The van der Waals surface area contributed by atoms with Gasteiger partial charge in [-0.2, -0.15) is 0 Å². The van der Waals surface area contributed by atoms with E-state index in [1.165, 1.54) is 18.4 Å². The minimum atomic E-state index is 0.0983. The summed E-state index contributed by atoms with van der Waals surface area (Å²) in [6.45, 7) is 7.75. The van der Waals surface area contributed by atoms with Crippen molar-refractivity contribution in [2.75, 3.05) is 0 Å². The van der Waals surface area contributed by atoms with Crippen molar-refractivity contribution in [3.8, 4) is 0 Å². The van der Waals surface area contributed by atoms with Gasteiger partial charge < -0.3 is 0 Å². The van der Waals surface area contributed by atoms with Crippen LogP contribution in [-0.4, -0.2) is 0 Å². The van der Waals surface area contributed by atoms with Crippen LogP contribution in [0.25, 0.3) is 0 Å². The molecule has 0 aliphatic heterocycles. The molecule has 73 valence electrons. The molecule has 1 aliphatic carbocycles. The van der Waals surface area contributed by atoms with Crippen LogP contribution in [0.1, 0.15) is 35.8 Å². The van der Waals surface area contributed by atoms with Crippen molar-refractivity contribution in [2.24, 2.45) is 0 Å². The van der Waals surface area contributed by atoms with Gasteiger partial charge in [-0.3, -0.25) is 0 Å². The van der Waals surface area contributed by atoms with Crippen molar-refractivity contribution in [3.05, 3.63) is 53.9 Å². The first kappa shape index (κ1) is 9.79. The fourth-order valence-corrected chi connectivity index (χ4v) is 1.90. The summed E-state index contributed by atoms with van der Waals surface area (Å²) in [6.07, 6.45) is 4.46. The van der Waals surface area contributed by atoms with E-state index in [-0.39, 0.29) is 5.92 Å². The lowest BCUT2D eigenvalue weighted by Gasteiger charge is -2.10. The maximum atomic E-state index is 6.11. The van der Waals surface area contributed by atoms with Gasteiger partial charge in [-0.05, 0) is 42.9 Å². The standard InChI is InChI=1S/C13H14Cl/c1-3-9(2)12-8-11(10-4-5-10)6-7-13(12)14/h3,6-10H,1-2,4-5H2. The molecule has 1 heteroatoms. The van der Waals surface area contributed by atoms with Crippen molar-refractivity contribution in [3.63, 3.8) is 0 Å². The van der Waals surface area contributed by atoms with Gasteiger partial charge in [0.15, 0.2) is 0 Å². The van der Waals surface area contributed by atoms with Crippen molar-refractivity contribution < 1.29 is 0 Å². The smallest absolute Gasteiger partial charge is 0.0444 e. The predicted molar refractivity (Wildman–Crippen MR) is 61.7 cm³/mol. The quantitative estimate of drug-likeness (QED) is 0.645. The highest BCUT2D eigenvalue weighted by Crippen LogP contribution is 2.41. The maximum absolute atomic E-state index is 6.11. The summed E-state index contributed by atoms with van der Waals surface area (Å²) in [5.41, 5.74) is 2.51. The lowest BCUT2D eigenvalue weighted by molar-refractivity contribution is 1.05. The number of hydrogen-bond donors (Lipinski definition) is 0. The molecule has 2 rings (SSSR count). The number of hydrogen-bond acceptors (Lipinski definition) is 0. The minimum absolute atomic E-state index is 0.0983. The summed E-state index contributed by atoms with van der Waals surface area (Å²) in [4.78, 5) is 0. The number of benzene rings is 1. The van der Waals surface area contributed by atoms with Gasteiger partial charge in [-0.15, -0.1) is 6.58 Å². The molecule has 1 aromatic rings. The van der Waals surface area contributed by atoms with Gasteiger partial charge in [-0.1, -0.05) is 29.8 Å². The Morgan fingerprint density at radius 1 is 1.43 bits per heavy atom. The van der Waals surface area contributed by atoms with E-state index in [1.807, 2.05) is 12.1 Å². The molecule has 0 N–H and O–H groups in total. The Morgan fingerprint density at radius 3 is 2.71 bits per heavy atom. The highest BCUT2D eigenvalue weighted by Gasteiger charge is 2.24. The molecule has 1 unspecified atom stereocenters. The van der Waals surface area contributed by atoms with Gasteiger partial charge in [-0.25, -0.2) is 0 Å². The molecule has 1 fully saturated rings. The molecule has 1 aliphatic rings. The van der Waals surface area contributed by atoms with E-state index < -0.39 is 0 Å². The van der Waals surface area contributed by atoms with Crippen molar-refractivity contribution >= 4 is 11.6 Å². The fraction of sp³-hybridized carbons (Fsp3) is 0.308. The largest absolute Gasteiger partial charge is 0.102 e.